The second-order valence-corrected chi connectivity index (χ2v) is 7.53. The molecular weight excluding hydrogens is 346 g/mol. The van der Waals surface area contributed by atoms with E-state index in [2.05, 4.69) is 15.2 Å². The molecule has 0 radical (unpaired) electrons. The molecule has 0 saturated carbocycles. The zero-order valence-corrected chi connectivity index (χ0v) is 15.8. The lowest BCUT2D eigenvalue weighted by Gasteiger charge is -2.37. The van der Waals surface area contributed by atoms with Crippen LogP contribution in [0.4, 0.5) is 0 Å². The zero-order valence-electron chi connectivity index (χ0n) is 15.8. The Morgan fingerprint density at radius 2 is 2.07 bits per heavy atom. The number of amides is 1. The van der Waals surface area contributed by atoms with Gasteiger partial charge in [0.15, 0.2) is 0 Å². The third-order valence-electron chi connectivity index (χ3n) is 5.73. The topological polar surface area (TPSA) is 84.5 Å². The van der Waals surface area contributed by atoms with E-state index >= 15 is 0 Å². The Kier molecular flexibility index (Phi) is 4.82. The van der Waals surface area contributed by atoms with Gasteiger partial charge in [0, 0.05) is 57.3 Å². The van der Waals surface area contributed by atoms with Gasteiger partial charge in [0.1, 0.15) is 5.76 Å². The quantitative estimate of drug-likeness (QED) is 0.782. The van der Waals surface area contributed by atoms with Crippen LogP contribution in [-0.2, 0) is 31.2 Å². The molecule has 1 fully saturated rings. The molecule has 0 bridgehead atoms. The highest BCUT2D eigenvalue weighted by atomic mass is 16.5. The van der Waals surface area contributed by atoms with E-state index in [0.717, 1.165) is 68.1 Å². The van der Waals surface area contributed by atoms with Gasteiger partial charge in [0.25, 0.3) is 5.56 Å². The molecule has 4 rings (SSSR count). The van der Waals surface area contributed by atoms with Crippen molar-refractivity contribution in [1.82, 2.24) is 24.7 Å². The van der Waals surface area contributed by atoms with Crippen LogP contribution in [-0.4, -0.2) is 56.8 Å². The molecule has 1 aliphatic heterocycles. The molecule has 3 heterocycles. The van der Waals surface area contributed by atoms with Gasteiger partial charge in [0.05, 0.1) is 11.9 Å². The van der Waals surface area contributed by atoms with Gasteiger partial charge < -0.3 is 9.42 Å². The minimum Gasteiger partial charge on any atom is -0.361 e. The molecule has 2 aromatic rings. The Hall–Kier alpha value is -2.48. The normalized spacial score (nSPS) is 20.5. The molecule has 2 aromatic heterocycles. The van der Waals surface area contributed by atoms with Gasteiger partial charge in [-0.15, -0.1) is 0 Å². The molecule has 0 aromatic carbocycles. The van der Waals surface area contributed by atoms with Crippen LogP contribution in [0.25, 0.3) is 0 Å². The first-order chi connectivity index (χ1) is 13.0. The number of carbonyl (C=O) groups is 1. The lowest BCUT2D eigenvalue weighted by atomic mass is 9.86. The maximum atomic E-state index is 13.0. The van der Waals surface area contributed by atoms with Crippen LogP contribution < -0.4 is 5.56 Å². The number of rotatable bonds is 3. The molecule has 1 saturated heterocycles. The third kappa shape index (κ3) is 3.66. The Labute approximate surface area is 157 Å². The van der Waals surface area contributed by atoms with Crippen LogP contribution in [0, 0.1) is 12.8 Å². The smallest absolute Gasteiger partial charge is 0.266 e. The second kappa shape index (κ2) is 7.26. The summed E-state index contributed by atoms with van der Waals surface area (Å²) in [5, 5.41) is 8.16. The summed E-state index contributed by atoms with van der Waals surface area (Å²) in [5.41, 5.74) is 2.88. The van der Waals surface area contributed by atoms with E-state index < -0.39 is 0 Å². The first-order valence-corrected chi connectivity index (χ1v) is 9.48. The molecule has 27 heavy (non-hydrogen) atoms. The molecular formula is C19H25N5O3. The van der Waals surface area contributed by atoms with E-state index in [1.54, 1.807) is 19.3 Å². The molecule has 1 aliphatic carbocycles. The van der Waals surface area contributed by atoms with Crippen molar-refractivity contribution in [1.29, 1.82) is 0 Å². The Morgan fingerprint density at radius 1 is 1.30 bits per heavy atom. The fraction of sp³-hybridized carbons (Fsp3) is 0.579. The SMILES string of the molecule is Cc1oncc1CN1CCN(C(=O)C2CCc3nn(C)c(=O)cc3C2)CC1. The molecule has 0 N–H and O–H groups in total. The van der Waals surface area contributed by atoms with Crippen LogP contribution in [0.15, 0.2) is 21.6 Å². The predicted molar refractivity (Wildman–Crippen MR) is 98.1 cm³/mol. The van der Waals surface area contributed by atoms with E-state index in [9.17, 15) is 9.59 Å². The van der Waals surface area contributed by atoms with Gasteiger partial charge in [-0.1, -0.05) is 5.16 Å². The Balaban J connectivity index is 1.35. The average molecular weight is 371 g/mol. The van der Waals surface area contributed by atoms with Gasteiger partial charge in [-0.05, 0) is 31.7 Å². The van der Waals surface area contributed by atoms with E-state index in [-0.39, 0.29) is 17.4 Å². The summed E-state index contributed by atoms with van der Waals surface area (Å²) in [5.74, 6) is 1.02. The summed E-state index contributed by atoms with van der Waals surface area (Å²) < 4.78 is 6.49. The number of fused-ring (bicyclic) bond motifs is 1. The summed E-state index contributed by atoms with van der Waals surface area (Å²) in [6.45, 7) is 5.90. The molecule has 1 amide bonds. The number of aromatic nitrogens is 3. The molecule has 8 nitrogen and oxygen atoms in total. The Bertz CT molecular complexity index is 895. The van der Waals surface area contributed by atoms with E-state index in [1.165, 1.54) is 4.68 Å². The van der Waals surface area contributed by atoms with E-state index in [4.69, 9.17) is 4.52 Å². The molecule has 2 aliphatic rings. The highest BCUT2D eigenvalue weighted by molar-refractivity contribution is 5.79. The van der Waals surface area contributed by atoms with Crippen LogP contribution in [0.3, 0.4) is 0 Å². The van der Waals surface area contributed by atoms with Crippen LogP contribution in [0.1, 0.15) is 29.0 Å². The molecule has 1 atom stereocenters. The number of hydrogen-bond acceptors (Lipinski definition) is 6. The third-order valence-corrected chi connectivity index (χ3v) is 5.73. The fourth-order valence-corrected chi connectivity index (χ4v) is 3.99. The summed E-state index contributed by atoms with van der Waals surface area (Å²) in [7, 11) is 1.67. The van der Waals surface area contributed by atoms with Crippen molar-refractivity contribution in [2.24, 2.45) is 13.0 Å². The summed E-state index contributed by atoms with van der Waals surface area (Å²) in [4.78, 5) is 29.1. The van der Waals surface area contributed by atoms with Gasteiger partial charge in [-0.2, -0.15) is 5.10 Å². The summed E-state index contributed by atoms with van der Waals surface area (Å²) in [6, 6.07) is 1.64. The first kappa shape index (κ1) is 17.9. The molecule has 0 spiro atoms. The van der Waals surface area contributed by atoms with Gasteiger partial charge >= 0.3 is 0 Å². The van der Waals surface area contributed by atoms with Crippen LogP contribution in [0.2, 0.25) is 0 Å². The van der Waals surface area contributed by atoms with E-state index in [1.807, 2.05) is 11.8 Å². The van der Waals surface area contributed by atoms with Crippen LogP contribution >= 0.6 is 0 Å². The molecule has 1 unspecified atom stereocenters. The fourth-order valence-electron chi connectivity index (χ4n) is 3.99. The predicted octanol–water partition coefficient (Wildman–Crippen LogP) is 0.526. The lowest BCUT2D eigenvalue weighted by Crippen LogP contribution is -2.50. The molecule has 144 valence electrons. The van der Waals surface area contributed by atoms with E-state index in [0.29, 0.717) is 6.42 Å². The lowest BCUT2D eigenvalue weighted by molar-refractivity contribution is -0.137. The summed E-state index contributed by atoms with van der Waals surface area (Å²) in [6.07, 6.45) is 3.95. The number of hydrogen-bond donors (Lipinski definition) is 0. The van der Waals surface area contributed by atoms with Crippen molar-refractivity contribution in [3.05, 3.63) is 45.2 Å². The maximum Gasteiger partial charge on any atom is 0.266 e. The average Bonchev–Trinajstić information content (AvgIpc) is 3.07. The highest BCUT2D eigenvalue weighted by Crippen LogP contribution is 2.25. The van der Waals surface area contributed by atoms with Crippen LogP contribution in [0.5, 0.6) is 0 Å². The minimum absolute atomic E-state index is 0.0433. The molecule has 8 heteroatoms. The van der Waals surface area contributed by atoms with Gasteiger partial charge in [-0.3, -0.25) is 14.5 Å². The van der Waals surface area contributed by atoms with Crippen molar-refractivity contribution in [3.63, 3.8) is 0 Å². The van der Waals surface area contributed by atoms with Crippen molar-refractivity contribution >= 4 is 5.91 Å². The monoisotopic (exact) mass is 371 g/mol. The van der Waals surface area contributed by atoms with Crippen molar-refractivity contribution in [2.75, 3.05) is 26.2 Å². The van der Waals surface area contributed by atoms with Crippen molar-refractivity contribution < 1.29 is 9.32 Å². The van der Waals surface area contributed by atoms with Gasteiger partial charge in [-0.25, -0.2) is 4.68 Å². The largest absolute Gasteiger partial charge is 0.361 e. The van der Waals surface area contributed by atoms with Gasteiger partial charge in [0.2, 0.25) is 5.91 Å². The number of carbonyl (C=O) groups excluding carboxylic acids is 1. The summed E-state index contributed by atoms with van der Waals surface area (Å²) >= 11 is 0. The number of aryl methyl sites for hydroxylation is 3. The number of piperazine rings is 1. The second-order valence-electron chi connectivity index (χ2n) is 7.53. The number of nitrogens with zero attached hydrogens (tertiary/aromatic N) is 5. The minimum atomic E-state index is -0.112. The maximum absolute atomic E-state index is 13.0. The standard InChI is InChI=1S/C19H25N5O3/c1-13-16(11-20-27-13)12-23-5-7-24(8-6-23)19(26)14-3-4-17-15(9-14)10-18(25)22(2)21-17/h10-11,14H,3-9,12H2,1-2H3. The highest BCUT2D eigenvalue weighted by Gasteiger charge is 2.31. The first-order valence-electron chi connectivity index (χ1n) is 9.48. The van der Waals surface area contributed by atoms with Crippen molar-refractivity contribution in [3.8, 4) is 0 Å². The zero-order chi connectivity index (χ0) is 19.0. The Morgan fingerprint density at radius 3 is 2.78 bits per heavy atom. The van der Waals surface area contributed by atoms with Crippen molar-refractivity contribution in [2.45, 2.75) is 32.7 Å².